The van der Waals surface area contributed by atoms with Crippen molar-refractivity contribution < 1.29 is 5.11 Å². The van der Waals surface area contributed by atoms with Gasteiger partial charge in [0.1, 0.15) is 0 Å². The molecule has 2 N–H and O–H groups in total. The van der Waals surface area contributed by atoms with Crippen LogP contribution in [0.15, 0.2) is 0 Å². The summed E-state index contributed by atoms with van der Waals surface area (Å²) in [5.41, 5.74) is -0.480. The molecule has 0 radical (unpaired) electrons. The van der Waals surface area contributed by atoms with Crippen LogP contribution < -0.4 is 5.32 Å². The smallest absolute Gasteiger partial charge is 0.0771 e. The van der Waals surface area contributed by atoms with Crippen LogP contribution >= 0.6 is 0 Å². The molecule has 0 aromatic heterocycles. The maximum atomic E-state index is 10.4. The molecule has 2 nitrogen and oxygen atoms in total. The predicted molar refractivity (Wildman–Crippen MR) is 67.1 cm³/mol. The summed E-state index contributed by atoms with van der Waals surface area (Å²) in [5.74, 6) is 0. The van der Waals surface area contributed by atoms with E-state index in [9.17, 15) is 5.11 Å². The number of hydrogen-bond donors (Lipinski definition) is 2. The minimum atomic E-state index is -0.480. The lowest BCUT2D eigenvalue weighted by atomic mass is 9.92. The van der Waals surface area contributed by atoms with Crippen LogP contribution in [0, 0.1) is 0 Å². The molecule has 0 saturated heterocycles. The number of hydrogen-bond acceptors (Lipinski definition) is 2. The van der Waals surface area contributed by atoms with Crippen LogP contribution in [0.1, 0.15) is 66.2 Å². The quantitative estimate of drug-likeness (QED) is 0.619. The molecular weight excluding hydrogens is 186 g/mol. The largest absolute Gasteiger partial charge is 0.389 e. The Morgan fingerprint density at radius 1 is 1.00 bits per heavy atom. The Kier molecular flexibility index (Phi) is 8.07. The van der Waals surface area contributed by atoms with Gasteiger partial charge in [-0.2, -0.15) is 0 Å². The molecule has 15 heavy (non-hydrogen) atoms. The molecular formula is C13H29NO. The second kappa shape index (κ2) is 8.12. The summed E-state index contributed by atoms with van der Waals surface area (Å²) in [4.78, 5) is 0. The highest BCUT2D eigenvalue weighted by Crippen LogP contribution is 2.19. The van der Waals surface area contributed by atoms with Crippen molar-refractivity contribution in [3.8, 4) is 0 Å². The van der Waals surface area contributed by atoms with Crippen LogP contribution in [0.3, 0.4) is 0 Å². The van der Waals surface area contributed by atoms with Gasteiger partial charge in [0.2, 0.25) is 0 Å². The Bertz CT molecular complexity index is 137. The van der Waals surface area contributed by atoms with Gasteiger partial charge in [-0.1, -0.05) is 40.5 Å². The van der Waals surface area contributed by atoms with Crippen molar-refractivity contribution in [2.75, 3.05) is 6.54 Å². The van der Waals surface area contributed by atoms with Gasteiger partial charge < -0.3 is 10.4 Å². The van der Waals surface area contributed by atoms with Crippen LogP contribution in [-0.2, 0) is 0 Å². The molecule has 0 spiro atoms. The molecule has 92 valence electrons. The first-order valence-corrected chi connectivity index (χ1v) is 6.57. The Hall–Kier alpha value is -0.0800. The van der Waals surface area contributed by atoms with Gasteiger partial charge >= 0.3 is 0 Å². The Labute approximate surface area is 95.5 Å². The first-order chi connectivity index (χ1) is 7.11. The summed E-state index contributed by atoms with van der Waals surface area (Å²) in [6.07, 6.45) is 6.22. The second-order valence-electron chi connectivity index (χ2n) is 4.62. The lowest BCUT2D eigenvalue weighted by Crippen LogP contribution is -2.44. The van der Waals surface area contributed by atoms with Gasteiger partial charge in [-0.15, -0.1) is 0 Å². The van der Waals surface area contributed by atoms with E-state index in [1.807, 2.05) is 0 Å². The molecule has 0 fully saturated rings. The number of aliphatic hydroxyl groups is 1. The lowest BCUT2D eigenvalue weighted by Gasteiger charge is -2.30. The van der Waals surface area contributed by atoms with Crippen LogP contribution in [0.2, 0.25) is 0 Å². The summed E-state index contributed by atoms with van der Waals surface area (Å²) in [6.45, 7) is 9.41. The SMILES string of the molecule is CCCC(O)(CCC)CNC(CC)CC. The molecule has 0 heterocycles. The van der Waals surface area contributed by atoms with E-state index in [-0.39, 0.29) is 0 Å². The third-order valence-electron chi connectivity index (χ3n) is 3.14. The first kappa shape index (κ1) is 14.9. The van der Waals surface area contributed by atoms with Crippen LogP contribution in [-0.4, -0.2) is 23.3 Å². The fourth-order valence-corrected chi connectivity index (χ4v) is 2.14. The van der Waals surface area contributed by atoms with Crippen molar-refractivity contribution in [3.63, 3.8) is 0 Å². The molecule has 2 heteroatoms. The van der Waals surface area contributed by atoms with E-state index in [4.69, 9.17) is 0 Å². The van der Waals surface area contributed by atoms with E-state index in [1.54, 1.807) is 0 Å². The summed E-state index contributed by atoms with van der Waals surface area (Å²) < 4.78 is 0. The maximum Gasteiger partial charge on any atom is 0.0771 e. The predicted octanol–water partition coefficient (Wildman–Crippen LogP) is 3.10. The zero-order valence-corrected chi connectivity index (χ0v) is 11.0. The summed E-state index contributed by atoms with van der Waals surface area (Å²) >= 11 is 0. The standard InChI is InChI=1S/C13H29NO/c1-5-9-13(15,10-6-2)11-14-12(7-3)8-4/h12,14-15H,5-11H2,1-4H3. The Morgan fingerprint density at radius 2 is 1.47 bits per heavy atom. The molecule has 0 rings (SSSR count). The minimum Gasteiger partial charge on any atom is -0.389 e. The van der Waals surface area contributed by atoms with E-state index >= 15 is 0 Å². The van der Waals surface area contributed by atoms with Crippen LogP contribution in [0.5, 0.6) is 0 Å². The highest BCUT2D eigenvalue weighted by molar-refractivity contribution is 4.81. The topological polar surface area (TPSA) is 32.3 Å². The number of nitrogens with one attached hydrogen (secondary N) is 1. The van der Waals surface area contributed by atoms with Crippen molar-refractivity contribution >= 4 is 0 Å². The molecule has 0 aliphatic rings. The molecule has 0 saturated carbocycles. The zero-order valence-electron chi connectivity index (χ0n) is 11.0. The van der Waals surface area contributed by atoms with E-state index < -0.39 is 5.60 Å². The number of rotatable bonds is 9. The third kappa shape index (κ3) is 6.16. The first-order valence-electron chi connectivity index (χ1n) is 6.57. The fourth-order valence-electron chi connectivity index (χ4n) is 2.14. The summed E-state index contributed by atoms with van der Waals surface area (Å²) in [7, 11) is 0. The average Bonchev–Trinajstić information content (AvgIpc) is 2.20. The van der Waals surface area contributed by atoms with Gasteiger partial charge in [-0.3, -0.25) is 0 Å². The monoisotopic (exact) mass is 215 g/mol. The van der Waals surface area contributed by atoms with Gasteiger partial charge in [0.05, 0.1) is 5.60 Å². The third-order valence-corrected chi connectivity index (χ3v) is 3.14. The average molecular weight is 215 g/mol. The van der Waals surface area contributed by atoms with Crippen LogP contribution in [0.25, 0.3) is 0 Å². The highest BCUT2D eigenvalue weighted by atomic mass is 16.3. The van der Waals surface area contributed by atoms with Gasteiger partial charge in [-0.05, 0) is 25.7 Å². The molecule has 0 amide bonds. The summed E-state index contributed by atoms with van der Waals surface area (Å²) in [6, 6.07) is 0.560. The molecule has 0 aromatic carbocycles. The highest BCUT2D eigenvalue weighted by Gasteiger charge is 2.24. The van der Waals surface area contributed by atoms with Crippen LogP contribution in [0.4, 0.5) is 0 Å². The molecule has 0 unspecified atom stereocenters. The second-order valence-corrected chi connectivity index (χ2v) is 4.62. The molecule has 0 atom stereocenters. The van der Waals surface area contributed by atoms with E-state index in [0.29, 0.717) is 6.04 Å². The lowest BCUT2D eigenvalue weighted by molar-refractivity contribution is 0.0190. The van der Waals surface area contributed by atoms with Crippen molar-refractivity contribution in [1.82, 2.24) is 5.32 Å². The van der Waals surface area contributed by atoms with Gasteiger partial charge in [0, 0.05) is 12.6 Å². The summed E-state index contributed by atoms with van der Waals surface area (Å²) in [5, 5.41) is 13.9. The molecule has 0 bridgehead atoms. The van der Waals surface area contributed by atoms with E-state index in [2.05, 4.69) is 33.0 Å². The van der Waals surface area contributed by atoms with Gasteiger partial charge in [0.15, 0.2) is 0 Å². The maximum absolute atomic E-state index is 10.4. The van der Waals surface area contributed by atoms with Gasteiger partial charge in [0.25, 0.3) is 0 Å². The molecule has 0 aromatic rings. The van der Waals surface area contributed by atoms with Gasteiger partial charge in [-0.25, -0.2) is 0 Å². The Balaban J connectivity index is 4.03. The van der Waals surface area contributed by atoms with E-state index in [0.717, 1.165) is 45.1 Å². The molecule has 0 aliphatic heterocycles. The van der Waals surface area contributed by atoms with E-state index in [1.165, 1.54) is 0 Å². The van der Waals surface area contributed by atoms with Crippen molar-refractivity contribution in [1.29, 1.82) is 0 Å². The zero-order chi connectivity index (χ0) is 11.7. The van der Waals surface area contributed by atoms with Crippen molar-refractivity contribution in [2.24, 2.45) is 0 Å². The van der Waals surface area contributed by atoms with Crippen molar-refractivity contribution in [3.05, 3.63) is 0 Å². The van der Waals surface area contributed by atoms with Crippen molar-refractivity contribution in [2.45, 2.75) is 77.9 Å². The minimum absolute atomic E-state index is 0.480. The Morgan fingerprint density at radius 3 is 1.80 bits per heavy atom. The molecule has 0 aliphatic carbocycles. The normalized spacial score (nSPS) is 12.4. The fraction of sp³-hybridized carbons (Fsp3) is 1.00.